The Morgan fingerprint density at radius 3 is 2.57 bits per heavy atom. The molecule has 0 radical (unpaired) electrons. The molecule has 0 aromatic heterocycles. The van der Waals surface area contributed by atoms with Crippen LogP contribution in [0.15, 0.2) is 12.2 Å². The van der Waals surface area contributed by atoms with Gasteiger partial charge in [0.05, 0.1) is 13.2 Å². The van der Waals surface area contributed by atoms with Crippen molar-refractivity contribution < 1.29 is 19.0 Å². The van der Waals surface area contributed by atoms with Gasteiger partial charge in [-0.05, 0) is 51.4 Å². The third-order valence-electron chi connectivity index (χ3n) is 5.41. The highest BCUT2D eigenvalue weighted by atomic mass is 16.7. The molecule has 28 heavy (non-hydrogen) atoms. The van der Waals surface area contributed by atoms with Crippen molar-refractivity contribution in [3.05, 3.63) is 12.2 Å². The molecule has 0 aromatic carbocycles. The molecule has 1 aliphatic rings. The van der Waals surface area contributed by atoms with E-state index in [1.54, 1.807) is 0 Å². The minimum absolute atomic E-state index is 0.0170. The highest BCUT2D eigenvalue weighted by Crippen LogP contribution is 2.20. The van der Waals surface area contributed by atoms with Gasteiger partial charge in [-0.1, -0.05) is 64.0 Å². The molecule has 0 saturated carbocycles. The highest BCUT2D eigenvalue weighted by Gasteiger charge is 2.18. The normalized spacial score (nSPS) is 18.4. The maximum absolute atomic E-state index is 11.0. The third kappa shape index (κ3) is 14.2. The molecule has 0 aromatic rings. The Balaban J connectivity index is 2.12. The van der Waals surface area contributed by atoms with Gasteiger partial charge in [0, 0.05) is 13.0 Å². The summed E-state index contributed by atoms with van der Waals surface area (Å²) in [5, 5.41) is 0. The Morgan fingerprint density at radius 1 is 1.04 bits per heavy atom. The van der Waals surface area contributed by atoms with Crippen molar-refractivity contribution in [1.82, 2.24) is 0 Å². The molecule has 164 valence electrons. The summed E-state index contributed by atoms with van der Waals surface area (Å²) in [6.07, 6.45) is 23.1. The fourth-order valence-corrected chi connectivity index (χ4v) is 3.60. The number of hydrogen-bond acceptors (Lipinski definition) is 4. The molecule has 0 aliphatic carbocycles. The fraction of sp³-hybridized carbons (Fsp3) is 0.875. The summed E-state index contributed by atoms with van der Waals surface area (Å²) in [5.74, 6) is -0.0898. The van der Waals surface area contributed by atoms with Crippen LogP contribution in [0.1, 0.15) is 110 Å². The number of methoxy groups -OCH3 is 1. The van der Waals surface area contributed by atoms with Gasteiger partial charge in [0.25, 0.3) is 0 Å². The molecular weight excluding hydrogens is 352 g/mol. The first-order valence-electron chi connectivity index (χ1n) is 11.7. The van der Waals surface area contributed by atoms with Crippen molar-refractivity contribution in [3.8, 4) is 0 Å². The van der Waals surface area contributed by atoms with Crippen LogP contribution in [0, 0.1) is 0 Å². The predicted octanol–water partition coefficient (Wildman–Crippen LogP) is 6.72. The van der Waals surface area contributed by atoms with Gasteiger partial charge in [-0.15, -0.1) is 0 Å². The topological polar surface area (TPSA) is 44.8 Å². The van der Waals surface area contributed by atoms with Gasteiger partial charge in [-0.3, -0.25) is 4.79 Å². The molecule has 0 bridgehead atoms. The first-order valence-corrected chi connectivity index (χ1v) is 11.7. The lowest BCUT2D eigenvalue weighted by atomic mass is 10.1. The van der Waals surface area contributed by atoms with Crippen molar-refractivity contribution in [1.29, 1.82) is 0 Å². The molecule has 4 nitrogen and oxygen atoms in total. The Kier molecular flexibility index (Phi) is 16.3. The van der Waals surface area contributed by atoms with Crippen molar-refractivity contribution >= 4 is 5.97 Å². The molecule has 0 N–H and O–H groups in total. The predicted molar refractivity (Wildman–Crippen MR) is 115 cm³/mol. The summed E-state index contributed by atoms with van der Waals surface area (Å²) < 4.78 is 16.7. The first-order chi connectivity index (χ1) is 13.8. The molecule has 1 fully saturated rings. The Bertz CT molecular complexity index is 388. The van der Waals surface area contributed by atoms with Gasteiger partial charge in [-0.2, -0.15) is 0 Å². The molecule has 0 spiro atoms. The number of hydrogen-bond donors (Lipinski definition) is 0. The quantitative estimate of drug-likeness (QED) is 0.155. The lowest BCUT2D eigenvalue weighted by molar-refractivity contribution is -0.188. The smallest absolute Gasteiger partial charge is 0.305 e. The lowest BCUT2D eigenvalue weighted by Crippen LogP contribution is -2.27. The molecule has 2 unspecified atom stereocenters. The van der Waals surface area contributed by atoms with Crippen molar-refractivity contribution in [2.24, 2.45) is 0 Å². The van der Waals surface area contributed by atoms with Gasteiger partial charge in [0.2, 0.25) is 0 Å². The van der Waals surface area contributed by atoms with Gasteiger partial charge >= 0.3 is 5.97 Å². The van der Waals surface area contributed by atoms with E-state index in [2.05, 4.69) is 23.8 Å². The van der Waals surface area contributed by atoms with Crippen LogP contribution in [-0.2, 0) is 19.0 Å². The number of carbonyl (C=O) groups is 1. The molecule has 1 heterocycles. The fourth-order valence-electron chi connectivity index (χ4n) is 3.60. The van der Waals surface area contributed by atoms with Gasteiger partial charge in [0.15, 0.2) is 6.29 Å². The Hall–Kier alpha value is -0.870. The molecule has 1 saturated heterocycles. The van der Waals surface area contributed by atoms with Crippen molar-refractivity contribution in [3.63, 3.8) is 0 Å². The number of rotatable bonds is 17. The zero-order valence-corrected chi connectivity index (χ0v) is 18.5. The second kappa shape index (κ2) is 18.2. The van der Waals surface area contributed by atoms with E-state index in [-0.39, 0.29) is 12.3 Å². The molecule has 2 atom stereocenters. The number of carbonyl (C=O) groups excluding carboxylic acids is 1. The molecule has 1 rings (SSSR count). The van der Waals surface area contributed by atoms with Crippen LogP contribution in [0.2, 0.25) is 0 Å². The van der Waals surface area contributed by atoms with E-state index in [4.69, 9.17) is 9.47 Å². The largest absolute Gasteiger partial charge is 0.469 e. The van der Waals surface area contributed by atoms with E-state index >= 15 is 0 Å². The van der Waals surface area contributed by atoms with Crippen LogP contribution in [-0.4, -0.2) is 32.1 Å². The highest BCUT2D eigenvalue weighted by molar-refractivity contribution is 5.68. The number of allylic oxidation sites excluding steroid dienone is 1. The van der Waals surface area contributed by atoms with Gasteiger partial charge in [0.1, 0.15) is 0 Å². The Labute approximate surface area is 173 Å². The summed E-state index contributed by atoms with van der Waals surface area (Å²) in [4.78, 5) is 11.0. The van der Waals surface area contributed by atoms with Crippen LogP contribution in [0.5, 0.6) is 0 Å². The standard InChI is InChI=1S/C24H44O4/c1-3-4-5-12-17-22(28-24-20-15-16-21-27-24)18-13-10-8-6-7-9-11-14-19-23(25)26-2/h10,13,22,24H,3-9,11-12,14-21H2,1-2H3/b13-10-. The monoisotopic (exact) mass is 396 g/mol. The molecule has 4 heteroatoms. The Morgan fingerprint density at radius 2 is 1.82 bits per heavy atom. The SMILES string of the molecule is CCCCCCC(C/C=C\CCCCCCCC(=O)OC)OC1CCCCO1. The zero-order valence-electron chi connectivity index (χ0n) is 18.5. The van der Waals surface area contributed by atoms with Crippen LogP contribution < -0.4 is 0 Å². The summed E-state index contributed by atoms with van der Waals surface area (Å²) >= 11 is 0. The summed E-state index contributed by atoms with van der Waals surface area (Å²) in [6.45, 7) is 3.11. The summed E-state index contributed by atoms with van der Waals surface area (Å²) in [7, 11) is 1.46. The summed E-state index contributed by atoms with van der Waals surface area (Å²) in [5.41, 5.74) is 0. The first kappa shape index (κ1) is 25.2. The number of unbranched alkanes of at least 4 members (excludes halogenated alkanes) is 8. The van der Waals surface area contributed by atoms with Gasteiger partial charge < -0.3 is 14.2 Å². The maximum Gasteiger partial charge on any atom is 0.305 e. The van der Waals surface area contributed by atoms with Crippen LogP contribution in [0.3, 0.4) is 0 Å². The second-order valence-electron chi connectivity index (χ2n) is 7.99. The second-order valence-corrected chi connectivity index (χ2v) is 7.99. The van der Waals surface area contributed by atoms with Crippen LogP contribution in [0.25, 0.3) is 0 Å². The van der Waals surface area contributed by atoms with E-state index < -0.39 is 0 Å². The maximum atomic E-state index is 11.0. The van der Waals surface area contributed by atoms with E-state index in [0.717, 1.165) is 45.1 Å². The lowest BCUT2D eigenvalue weighted by Gasteiger charge is -2.27. The van der Waals surface area contributed by atoms with Crippen LogP contribution >= 0.6 is 0 Å². The molecule has 1 aliphatic heterocycles. The zero-order chi connectivity index (χ0) is 20.3. The van der Waals surface area contributed by atoms with Crippen molar-refractivity contribution in [2.45, 2.75) is 122 Å². The number of esters is 1. The molecular formula is C24H44O4. The minimum Gasteiger partial charge on any atom is -0.469 e. The third-order valence-corrected chi connectivity index (χ3v) is 5.41. The van der Waals surface area contributed by atoms with E-state index in [1.807, 2.05) is 0 Å². The minimum atomic E-state index is -0.0898. The molecule has 0 amide bonds. The van der Waals surface area contributed by atoms with Gasteiger partial charge in [-0.25, -0.2) is 0 Å². The van der Waals surface area contributed by atoms with Crippen molar-refractivity contribution in [2.75, 3.05) is 13.7 Å². The van der Waals surface area contributed by atoms with E-state index in [0.29, 0.717) is 12.5 Å². The van der Waals surface area contributed by atoms with Crippen LogP contribution in [0.4, 0.5) is 0 Å². The number of ether oxygens (including phenoxy) is 3. The summed E-state index contributed by atoms with van der Waals surface area (Å²) in [6, 6.07) is 0. The van der Waals surface area contributed by atoms with E-state index in [1.165, 1.54) is 64.9 Å². The average molecular weight is 397 g/mol. The van der Waals surface area contributed by atoms with E-state index in [9.17, 15) is 4.79 Å². The average Bonchev–Trinajstić information content (AvgIpc) is 2.72.